The van der Waals surface area contributed by atoms with E-state index in [2.05, 4.69) is 5.32 Å². The maximum Gasteiger partial charge on any atom is 0.265 e. The van der Waals surface area contributed by atoms with Crippen LogP contribution in [-0.4, -0.2) is 18.1 Å². The third-order valence-electron chi connectivity index (χ3n) is 3.90. The van der Waals surface area contributed by atoms with E-state index in [0.29, 0.717) is 11.4 Å². The van der Waals surface area contributed by atoms with Crippen molar-refractivity contribution in [3.8, 4) is 11.5 Å². The zero-order valence-electron chi connectivity index (χ0n) is 15.2. The molecule has 4 heteroatoms. The molecule has 0 aromatic heterocycles. The second-order valence-electron chi connectivity index (χ2n) is 6.45. The fraction of sp³-hybridized carbons (Fsp3) is 0.227. The lowest BCUT2D eigenvalue weighted by Gasteiger charge is -2.16. The van der Waals surface area contributed by atoms with Gasteiger partial charge in [-0.15, -0.1) is 0 Å². The Bertz CT molecular complexity index is 887. The molecule has 0 radical (unpaired) electrons. The lowest BCUT2D eigenvalue weighted by Crippen LogP contribution is -2.30. The van der Waals surface area contributed by atoms with Gasteiger partial charge in [0, 0.05) is 5.69 Å². The molecule has 26 heavy (non-hydrogen) atoms. The summed E-state index contributed by atoms with van der Waals surface area (Å²) in [6, 6.07) is 21.2. The Morgan fingerprint density at radius 3 is 2.15 bits per heavy atom. The van der Waals surface area contributed by atoms with E-state index >= 15 is 0 Å². The zero-order chi connectivity index (χ0) is 18.5. The van der Waals surface area contributed by atoms with E-state index in [4.69, 9.17) is 9.47 Å². The number of rotatable bonds is 6. The molecule has 0 saturated carbocycles. The number of ether oxygens (including phenoxy) is 2. The summed E-state index contributed by atoms with van der Waals surface area (Å²) in [6.07, 6.45) is -0.492. The van der Waals surface area contributed by atoms with Crippen LogP contribution in [0.1, 0.15) is 20.8 Å². The first-order valence-electron chi connectivity index (χ1n) is 8.74. The van der Waals surface area contributed by atoms with Crippen molar-refractivity contribution in [1.29, 1.82) is 0 Å². The molecule has 0 spiro atoms. The molecule has 0 bridgehead atoms. The molecule has 0 aliphatic carbocycles. The van der Waals surface area contributed by atoms with Crippen LogP contribution in [0.25, 0.3) is 10.8 Å². The third-order valence-corrected chi connectivity index (χ3v) is 3.90. The number of benzene rings is 3. The summed E-state index contributed by atoms with van der Waals surface area (Å²) in [5, 5.41) is 5.08. The highest BCUT2D eigenvalue weighted by atomic mass is 16.5. The molecule has 1 unspecified atom stereocenters. The summed E-state index contributed by atoms with van der Waals surface area (Å²) < 4.78 is 11.4. The average molecular weight is 349 g/mol. The van der Waals surface area contributed by atoms with Crippen molar-refractivity contribution in [3.63, 3.8) is 0 Å². The maximum atomic E-state index is 12.4. The number of carbonyl (C=O) groups excluding carboxylic acids is 1. The number of nitrogens with one attached hydrogen (secondary N) is 1. The van der Waals surface area contributed by atoms with E-state index in [1.54, 1.807) is 6.92 Å². The Morgan fingerprint density at radius 1 is 0.808 bits per heavy atom. The van der Waals surface area contributed by atoms with Gasteiger partial charge in [0.15, 0.2) is 6.10 Å². The smallest absolute Gasteiger partial charge is 0.265 e. The molecule has 3 rings (SSSR count). The minimum absolute atomic E-state index is 0.116. The normalized spacial score (nSPS) is 12.0. The van der Waals surface area contributed by atoms with Gasteiger partial charge < -0.3 is 14.8 Å². The highest BCUT2D eigenvalue weighted by molar-refractivity contribution is 5.94. The van der Waals surface area contributed by atoms with Gasteiger partial charge in [-0.05, 0) is 67.9 Å². The number of fused-ring (bicyclic) bond motifs is 1. The number of hydrogen-bond donors (Lipinski definition) is 1. The van der Waals surface area contributed by atoms with Gasteiger partial charge in [-0.1, -0.05) is 30.3 Å². The van der Waals surface area contributed by atoms with Gasteiger partial charge in [0.2, 0.25) is 0 Å². The van der Waals surface area contributed by atoms with Crippen molar-refractivity contribution in [3.05, 3.63) is 66.7 Å². The van der Waals surface area contributed by atoms with Crippen LogP contribution >= 0.6 is 0 Å². The summed E-state index contributed by atoms with van der Waals surface area (Å²) in [6.45, 7) is 5.68. The number of anilines is 1. The van der Waals surface area contributed by atoms with Crippen molar-refractivity contribution in [1.82, 2.24) is 0 Å². The number of carbonyl (C=O) groups is 1. The van der Waals surface area contributed by atoms with Crippen molar-refractivity contribution in [2.45, 2.75) is 33.0 Å². The molecule has 0 fully saturated rings. The van der Waals surface area contributed by atoms with Gasteiger partial charge in [0.25, 0.3) is 5.91 Å². The molecule has 134 valence electrons. The minimum atomic E-state index is -0.609. The van der Waals surface area contributed by atoms with Crippen LogP contribution in [0.5, 0.6) is 11.5 Å². The summed E-state index contributed by atoms with van der Waals surface area (Å²) >= 11 is 0. The molecule has 0 heterocycles. The van der Waals surface area contributed by atoms with E-state index in [1.165, 1.54) is 0 Å². The highest BCUT2D eigenvalue weighted by Gasteiger charge is 2.15. The number of hydrogen-bond acceptors (Lipinski definition) is 3. The van der Waals surface area contributed by atoms with Gasteiger partial charge in [0.1, 0.15) is 11.5 Å². The molecule has 3 aromatic carbocycles. The topological polar surface area (TPSA) is 47.6 Å². The van der Waals surface area contributed by atoms with Crippen LogP contribution in [0.2, 0.25) is 0 Å². The maximum absolute atomic E-state index is 12.4. The van der Waals surface area contributed by atoms with E-state index in [9.17, 15) is 4.79 Å². The van der Waals surface area contributed by atoms with Crippen molar-refractivity contribution in [2.75, 3.05) is 5.32 Å². The lowest BCUT2D eigenvalue weighted by atomic mass is 10.1. The fourth-order valence-corrected chi connectivity index (χ4v) is 2.63. The molecule has 4 nitrogen and oxygen atoms in total. The van der Waals surface area contributed by atoms with Crippen molar-refractivity contribution >= 4 is 22.4 Å². The molecule has 0 aliphatic heterocycles. The van der Waals surface area contributed by atoms with Crippen LogP contribution in [0, 0.1) is 0 Å². The van der Waals surface area contributed by atoms with Gasteiger partial charge in [-0.2, -0.15) is 0 Å². The van der Waals surface area contributed by atoms with Crippen molar-refractivity contribution in [2.24, 2.45) is 0 Å². The first-order chi connectivity index (χ1) is 12.5. The lowest BCUT2D eigenvalue weighted by molar-refractivity contribution is -0.122. The summed E-state index contributed by atoms with van der Waals surface area (Å²) in [7, 11) is 0. The molecule has 3 aromatic rings. The first kappa shape index (κ1) is 17.8. The molecule has 0 aliphatic rings. The van der Waals surface area contributed by atoms with Gasteiger partial charge in [0.05, 0.1) is 6.10 Å². The minimum Gasteiger partial charge on any atom is -0.491 e. The molecule has 1 atom stereocenters. The molecule has 1 amide bonds. The molecular weight excluding hydrogens is 326 g/mol. The third kappa shape index (κ3) is 4.54. The molecule has 1 N–H and O–H groups in total. The van der Waals surface area contributed by atoms with Crippen LogP contribution in [0.4, 0.5) is 5.69 Å². The summed E-state index contributed by atoms with van der Waals surface area (Å²) in [5.41, 5.74) is 0.708. The second kappa shape index (κ2) is 7.91. The monoisotopic (exact) mass is 349 g/mol. The Balaban J connectivity index is 1.61. The molecule has 0 saturated heterocycles. The summed E-state index contributed by atoms with van der Waals surface area (Å²) in [5.74, 6) is 1.25. The Morgan fingerprint density at radius 2 is 1.46 bits per heavy atom. The van der Waals surface area contributed by atoms with E-state index in [0.717, 1.165) is 16.5 Å². The number of amides is 1. The molecular formula is C22H23NO3. The predicted octanol–water partition coefficient (Wildman–Crippen LogP) is 5.03. The Labute approximate surface area is 153 Å². The predicted molar refractivity (Wildman–Crippen MR) is 105 cm³/mol. The van der Waals surface area contributed by atoms with Gasteiger partial charge in [-0.3, -0.25) is 4.79 Å². The standard InChI is InChI=1S/C22H23NO3/c1-15(2)25-20-12-9-19(10-13-20)23-22(24)16(3)26-21-11-8-17-6-4-5-7-18(17)14-21/h4-16H,1-3H3,(H,23,24). The van der Waals surface area contributed by atoms with Crippen LogP contribution < -0.4 is 14.8 Å². The fourth-order valence-electron chi connectivity index (χ4n) is 2.63. The largest absolute Gasteiger partial charge is 0.491 e. The zero-order valence-corrected chi connectivity index (χ0v) is 15.2. The SMILES string of the molecule is CC(C)Oc1ccc(NC(=O)C(C)Oc2ccc3ccccc3c2)cc1. The van der Waals surface area contributed by atoms with Crippen LogP contribution in [-0.2, 0) is 4.79 Å². The van der Waals surface area contributed by atoms with Gasteiger partial charge >= 0.3 is 0 Å². The van der Waals surface area contributed by atoms with Crippen LogP contribution in [0.3, 0.4) is 0 Å². The van der Waals surface area contributed by atoms with E-state index in [1.807, 2.05) is 80.6 Å². The van der Waals surface area contributed by atoms with E-state index in [-0.39, 0.29) is 12.0 Å². The highest BCUT2D eigenvalue weighted by Crippen LogP contribution is 2.22. The second-order valence-corrected chi connectivity index (χ2v) is 6.45. The Hall–Kier alpha value is -3.01. The summed E-state index contributed by atoms with van der Waals surface area (Å²) in [4.78, 5) is 12.4. The quantitative estimate of drug-likeness (QED) is 0.679. The average Bonchev–Trinajstić information content (AvgIpc) is 2.62. The Kier molecular flexibility index (Phi) is 5.42. The van der Waals surface area contributed by atoms with E-state index < -0.39 is 6.10 Å². The van der Waals surface area contributed by atoms with Crippen molar-refractivity contribution < 1.29 is 14.3 Å². The first-order valence-corrected chi connectivity index (χ1v) is 8.74. The van der Waals surface area contributed by atoms with Crippen LogP contribution in [0.15, 0.2) is 66.7 Å². The van der Waals surface area contributed by atoms with Gasteiger partial charge in [-0.25, -0.2) is 0 Å².